The molecule has 2 aromatic rings. The number of nitrogens with zero attached hydrogens (tertiary/aromatic N) is 2. The first-order valence-electron chi connectivity index (χ1n) is 9.38. The lowest BCUT2D eigenvalue weighted by molar-refractivity contribution is -0.117. The van der Waals surface area contributed by atoms with Gasteiger partial charge in [-0.2, -0.15) is 0 Å². The topological polar surface area (TPSA) is 72.9 Å². The highest BCUT2D eigenvalue weighted by Gasteiger charge is 2.34. The van der Waals surface area contributed by atoms with Crippen LogP contribution in [0.15, 0.2) is 42.0 Å². The van der Waals surface area contributed by atoms with Gasteiger partial charge in [0.15, 0.2) is 0 Å². The van der Waals surface area contributed by atoms with Crippen LogP contribution in [0.25, 0.3) is 6.08 Å². The Bertz CT molecular complexity index is 961. The summed E-state index contributed by atoms with van der Waals surface area (Å²) in [6.07, 6.45) is 1.43. The Hall–Kier alpha value is -3.28. The molecule has 0 saturated carbocycles. The number of amides is 2. The van der Waals surface area contributed by atoms with Crippen LogP contribution in [-0.2, 0) is 9.59 Å². The second-order valence-corrected chi connectivity index (χ2v) is 6.82. The highest BCUT2D eigenvalue weighted by molar-refractivity contribution is 6.31. The van der Waals surface area contributed by atoms with Crippen molar-refractivity contribution in [3.63, 3.8) is 0 Å². The third-order valence-corrected chi connectivity index (χ3v) is 5.08. The molecule has 6 heteroatoms. The van der Waals surface area contributed by atoms with Gasteiger partial charge in [-0.3, -0.25) is 15.0 Å². The summed E-state index contributed by atoms with van der Waals surface area (Å²) in [5.41, 5.74) is 6.64. The summed E-state index contributed by atoms with van der Waals surface area (Å²) in [6, 6.07) is 10.8. The second-order valence-electron chi connectivity index (χ2n) is 6.82. The summed E-state index contributed by atoms with van der Waals surface area (Å²) in [6.45, 7) is 9.66. The number of phenolic OH excluding ortho intramolecular Hbond substituents is 1. The molecule has 6 nitrogen and oxygen atoms in total. The van der Waals surface area contributed by atoms with Crippen LogP contribution in [0, 0.1) is 13.8 Å². The number of hydrogen-bond acceptors (Lipinski definition) is 4. The number of aryl methyl sites for hydroxylation is 2. The van der Waals surface area contributed by atoms with Crippen molar-refractivity contribution in [3.8, 4) is 5.75 Å². The largest absolute Gasteiger partial charge is 0.507 e. The molecule has 1 saturated heterocycles. The molecule has 0 radical (unpaired) electrons. The molecule has 1 fully saturated rings. The molecular formula is C22H25N3O3. The molecule has 146 valence electrons. The van der Waals surface area contributed by atoms with Crippen LogP contribution >= 0.6 is 0 Å². The molecule has 1 aliphatic heterocycles. The van der Waals surface area contributed by atoms with Gasteiger partial charge in [0.05, 0.1) is 5.69 Å². The van der Waals surface area contributed by atoms with Crippen LogP contribution in [0.2, 0.25) is 0 Å². The monoisotopic (exact) mass is 379 g/mol. The number of anilines is 2. The van der Waals surface area contributed by atoms with Gasteiger partial charge in [-0.05, 0) is 69.2 Å². The number of hydrogen-bond donors (Lipinski definition) is 2. The van der Waals surface area contributed by atoms with E-state index in [1.165, 1.54) is 11.1 Å². The standard InChI is InChI=1S/C22H25N3O3/c1-5-24(6-2)17-10-8-16(20(26)13-17)12-19-21(27)23-25(22(19)28)18-9-7-14(3)15(4)11-18/h7-13,26H,5-6H2,1-4H3,(H,23,27)/b19-12-. The summed E-state index contributed by atoms with van der Waals surface area (Å²) in [5, 5.41) is 11.6. The molecule has 28 heavy (non-hydrogen) atoms. The molecule has 2 amide bonds. The van der Waals surface area contributed by atoms with Crippen LogP contribution in [0.3, 0.4) is 0 Å². The Morgan fingerprint density at radius 2 is 1.75 bits per heavy atom. The fourth-order valence-corrected chi connectivity index (χ4v) is 3.20. The maximum Gasteiger partial charge on any atom is 0.282 e. The lowest BCUT2D eigenvalue weighted by Gasteiger charge is -2.21. The van der Waals surface area contributed by atoms with Crippen molar-refractivity contribution in [2.24, 2.45) is 0 Å². The Morgan fingerprint density at radius 3 is 2.36 bits per heavy atom. The third-order valence-electron chi connectivity index (χ3n) is 5.08. The lowest BCUT2D eigenvalue weighted by atomic mass is 10.1. The molecule has 0 bridgehead atoms. The van der Waals surface area contributed by atoms with Crippen molar-refractivity contribution in [3.05, 3.63) is 58.7 Å². The number of nitrogens with one attached hydrogen (secondary N) is 1. The molecule has 1 aliphatic rings. The van der Waals surface area contributed by atoms with Crippen molar-refractivity contribution in [2.45, 2.75) is 27.7 Å². The van der Waals surface area contributed by atoms with Crippen LogP contribution in [0.5, 0.6) is 5.75 Å². The van der Waals surface area contributed by atoms with Gasteiger partial charge in [-0.15, -0.1) is 0 Å². The van der Waals surface area contributed by atoms with Gasteiger partial charge in [0.25, 0.3) is 11.8 Å². The zero-order valence-electron chi connectivity index (χ0n) is 16.6. The normalized spacial score (nSPS) is 15.3. The Kier molecular flexibility index (Phi) is 5.40. The van der Waals surface area contributed by atoms with Crippen molar-refractivity contribution >= 4 is 29.3 Å². The van der Waals surface area contributed by atoms with E-state index in [2.05, 4.69) is 10.3 Å². The lowest BCUT2D eigenvalue weighted by Crippen LogP contribution is -2.35. The number of carbonyl (C=O) groups is 2. The van der Waals surface area contributed by atoms with Gasteiger partial charge in [0.2, 0.25) is 0 Å². The average molecular weight is 379 g/mol. The van der Waals surface area contributed by atoms with Crippen molar-refractivity contribution < 1.29 is 14.7 Å². The summed E-state index contributed by atoms with van der Waals surface area (Å²) in [7, 11) is 0. The number of rotatable bonds is 5. The average Bonchev–Trinajstić information content (AvgIpc) is 2.95. The van der Waals surface area contributed by atoms with Gasteiger partial charge >= 0.3 is 0 Å². The zero-order valence-corrected chi connectivity index (χ0v) is 16.6. The Balaban J connectivity index is 1.91. The summed E-state index contributed by atoms with van der Waals surface area (Å²) < 4.78 is 0. The predicted molar refractivity (Wildman–Crippen MR) is 111 cm³/mol. The molecule has 0 aromatic heterocycles. The van der Waals surface area contributed by atoms with Gasteiger partial charge in [-0.25, -0.2) is 5.01 Å². The number of benzene rings is 2. The van der Waals surface area contributed by atoms with Gasteiger partial charge in [-0.1, -0.05) is 6.07 Å². The van der Waals surface area contributed by atoms with E-state index in [0.717, 1.165) is 29.9 Å². The van der Waals surface area contributed by atoms with E-state index in [9.17, 15) is 14.7 Å². The Labute approximate surface area is 165 Å². The first kappa shape index (κ1) is 19.5. The smallest absolute Gasteiger partial charge is 0.282 e. The van der Waals surface area contributed by atoms with E-state index < -0.39 is 11.8 Å². The quantitative estimate of drug-likeness (QED) is 0.617. The number of phenols is 1. The number of carbonyl (C=O) groups excluding carboxylic acids is 2. The van der Waals surface area contributed by atoms with Crippen molar-refractivity contribution in [1.29, 1.82) is 0 Å². The predicted octanol–water partition coefficient (Wildman–Crippen LogP) is 3.32. The number of aromatic hydroxyl groups is 1. The summed E-state index contributed by atoms with van der Waals surface area (Å²) >= 11 is 0. The van der Waals surface area contributed by atoms with E-state index in [4.69, 9.17) is 0 Å². The molecule has 0 atom stereocenters. The first-order valence-corrected chi connectivity index (χ1v) is 9.38. The Morgan fingerprint density at radius 1 is 1.04 bits per heavy atom. The number of hydrazine groups is 1. The van der Waals surface area contributed by atoms with E-state index in [-0.39, 0.29) is 11.3 Å². The van der Waals surface area contributed by atoms with Gasteiger partial charge in [0.1, 0.15) is 11.3 Å². The van der Waals surface area contributed by atoms with Gasteiger partial charge < -0.3 is 10.0 Å². The molecule has 1 heterocycles. The fraction of sp³-hybridized carbons (Fsp3) is 0.273. The highest BCUT2D eigenvalue weighted by Crippen LogP contribution is 2.29. The molecule has 3 rings (SSSR count). The van der Waals surface area contributed by atoms with Crippen LogP contribution in [-0.4, -0.2) is 30.0 Å². The maximum atomic E-state index is 12.8. The van der Waals surface area contributed by atoms with E-state index >= 15 is 0 Å². The van der Waals surface area contributed by atoms with Crippen LogP contribution in [0.4, 0.5) is 11.4 Å². The third kappa shape index (κ3) is 3.58. The SMILES string of the molecule is CCN(CC)c1ccc(/C=C2/C(=O)NN(c3ccc(C)c(C)c3)C2=O)c(O)c1. The first-order chi connectivity index (χ1) is 13.3. The zero-order chi connectivity index (χ0) is 20.4. The summed E-state index contributed by atoms with van der Waals surface area (Å²) in [5.74, 6) is -0.905. The minimum Gasteiger partial charge on any atom is -0.507 e. The van der Waals surface area contributed by atoms with Gasteiger partial charge in [0, 0.05) is 30.4 Å². The van der Waals surface area contributed by atoms with E-state index in [1.54, 1.807) is 18.2 Å². The molecule has 0 unspecified atom stereocenters. The molecule has 2 aromatic carbocycles. The fourth-order valence-electron chi connectivity index (χ4n) is 3.20. The maximum absolute atomic E-state index is 12.8. The molecule has 0 spiro atoms. The van der Waals surface area contributed by atoms with Crippen LogP contribution < -0.4 is 15.3 Å². The minimum absolute atomic E-state index is 0.0101. The van der Waals surface area contributed by atoms with E-state index in [1.807, 2.05) is 45.9 Å². The van der Waals surface area contributed by atoms with E-state index in [0.29, 0.717) is 11.3 Å². The highest BCUT2D eigenvalue weighted by atomic mass is 16.3. The van der Waals surface area contributed by atoms with Crippen LogP contribution in [0.1, 0.15) is 30.5 Å². The molecule has 0 aliphatic carbocycles. The second kappa shape index (κ2) is 7.76. The van der Waals surface area contributed by atoms with Crippen molar-refractivity contribution in [2.75, 3.05) is 23.0 Å². The van der Waals surface area contributed by atoms with Crippen molar-refractivity contribution in [1.82, 2.24) is 5.43 Å². The minimum atomic E-state index is -0.490. The summed E-state index contributed by atoms with van der Waals surface area (Å²) in [4.78, 5) is 27.3. The molecule has 2 N–H and O–H groups in total. The molecular weight excluding hydrogens is 354 g/mol.